The van der Waals surface area contributed by atoms with E-state index in [0.717, 1.165) is 18.4 Å². The van der Waals surface area contributed by atoms with Crippen LogP contribution in [0.15, 0.2) is 59.5 Å². The van der Waals surface area contributed by atoms with Gasteiger partial charge in [0.25, 0.3) is 0 Å². The van der Waals surface area contributed by atoms with Crippen LogP contribution in [0.3, 0.4) is 0 Å². The molecule has 0 aliphatic heterocycles. The van der Waals surface area contributed by atoms with Gasteiger partial charge in [-0.05, 0) is 55.9 Å². The number of aryl methyl sites for hydroxylation is 1. The van der Waals surface area contributed by atoms with Crippen molar-refractivity contribution >= 4 is 10.0 Å². The van der Waals surface area contributed by atoms with Gasteiger partial charge in [0.05, 0.1) is 4.90 Å². The largest absolute Gasteiger partial charge is 0.419 e. The highest BCUT2D eigenvalue weighted by atomic mass is 127. The van der Waals surface area contributed by atoms with Gasteiger partial charge in [-0.2, -0.15) is 0 Å². The minimum absolute atomic E-state index is 0.277. The van der Waals surface area contributed by atoms with Gasteiger partial charge in [-0.25, -0.2) is 13.1 Å². The minimum Gasteiger partial charge on any atom is -0.211 e. The highest BCUT2D eigenvalue weighted by Crippen LogP contribution is 2.16. The molecule has 0 fully saturated rings. The Labute approximate surface area is 174 Å². The third-order valence-corrected chi connectivity index (χ3v) is 7.65. The van der Waals surface area contributed by atoms with Crippen LogP contribution in [-0.4, -0.2) is 15.0 Å². The summed E-state index contributed by atoms with van der Waals surface area (Å²) in [7, 11) is -3.43. The third-order valence-electron chi connectivity index (χ3n) is 4.25. The van der Waals surface area contributed by atoms with Gasteiger partial charge in [-0.1, -0.05) is 49.7 Å². The molecule has 144 valence electrons. The highest BCUT2D eigenvalue weighted by molar-refractivity contribution is 7.89. The Morgan fingerprint density at radius 1 is 1.04 bits per heavy atom. The molecule has 0 aromatic heterocycles. The number of sulfonamides is 1. The van der Waals surface area contributed by atoms with E-state index in [0.29, 0.717) is 23.3 Å². The molecule has 0 heterocycles. The summed E-state index contributed by atoms with van der Waals surface area (Å²) in [5.74, 6) is 4.19. The summed E-state index contributed by atoms with van der Waals surface area (Å²) in [5.41, 5.74) is 1.05. The zero-order valence-corrected chi connectivity index (χ0v) is 19.0. The maximum absolute atomic E-state index is 12.3. The lowest BCUT2D eigenvalue weighted by molar-refractivity contribution is -0.535. The first-order valence-electron chi connectivity index (χ1n) is 9.14. The Morgan fingerprint density at radius 2 is 1.70 bits per heavy atom. The first-order valence-corrected chi connectivity index (χ1v) is 12.8. The quantitative estimate of drug-likeness (QED) is 0.340. The second-order valence-corrected chi connectivity index (χ2v) is 10.9. The second kappa shape index (κ2) is 10.8. The predicted molar refractivity (Wildman–Crippen MR) is 107 cm³/mol. The van der Waals surface area contributed by atoms with Crippen molar-refractivity contribution in [2.24, 2.45) is 11.8 Å². The van der Waals surface area contributed by atoms with Crippen LogP contribution in [0.4, 0.5) is 0 Å². The molecule has 5 heteroatoms. The van der Waals surface area contributed by atoms with E-state index in [-0.39, 0.29) is 21.2 Å². The minimum atomic E-state index is -3.43. The lowest BCUT2D eigenvalue weighted by Gasteiger charge is -2.14. The standard InChI is InChI=1S/C22H27INO2S/c1-18(2)20(15-16-23-21-9-5-4-6-10-21)8-7-17-24-27(25,26)22-13-11-19(3)12-14-22/h4-6,9-14,18,20,24H,7-8,17H2,1-3H3/q+1. The fourth-order valence-electron chi connectivity index (χ4n) is 2.53. The first kappa shape index (κ1) is 21.9. The van der Waals surface area contributed by atoms with Crippen LogP contribution in [0.1, 0.15) is 32.3 Å². The summed E-state index contributed by atoms with van der Waals surface area (Å²) in [5, 5.41) is 0. The van der Waals surface area contributed by atoms with Crippen LogP contribution in [-0.2, 0) is 10.0 Å². The third kappa shape index (κ3) is 7.65. The van der Waals surface area contributed by atoms with Crippen molar-refractivity contribution in [2.45, 2.75) is 38.5 Å². The van der Waals surface area contributed by atoms with Gasteiger partial charge >= 0.3 is 21.2 Å². The van der Waals surface area contributed by atoms with Gasteiger partial charge in [0.2, 0.25) is 13.6 Å². The average Bonchev–Trinajstić information content (AvgIpc) is 2.64. The summed E-state index contributed by atoms with van der Waals surface area (Å²) in [6, 6.07) is 17.3. The fraction of sp³-hybridized carbons (Fsp3) is 0.364. The summed E-state index contributed by atoms with van der Waals surface area (Å²) < 4.78 is 32.1. The molecule has 0 saturated heterocycles. The molecular weight excluding hydrogens is 469 g/mol. The number of halogens is 1. The Kier molecular flexibility index (Phi) is 8.81. The molecule has 2 aromatic carbocycles. The molecule has 0 saturated carbocycles. The molecule has 0 bridgehead atoms. The van der Waals surface area contributed by atoms with Crippen molar-refractivity contribution in [1.29, 1.82) is 0 Å². The van der Waals surface area contributed by atoms with Crippen molar-refractivity contribution in [3.05, 3.63) is 63.7 Å². The van der Waals surface area contributed by atoms with Crippen molar-refractivity contribution in [1.82, 2.24) is 4.72 Å². The van der Waals surface area contributed by atoms with Gasteiger partial charge in [-0.15, -0.1) is 0 Å². The lowest BCUT2D eigenvalue weighted by atomic mass is 9.92. The van der Waals surface area contributed by atoms with Gasteiger partial charge in [0.15, 0.2) is 3.93 Å². The van der Waals surface area contributed by atoms with Crippen molar-refractivity contribution in [2.75, 3.05) is 6.54 Å². The first-order chi connectivity index (χ1) is 12.9. The van der Waals surface area contributed by atoms with Gasteiger partial charge in [0.1, 0.15) is 0 Å². The molecule has 2 rings (SSSR count). The topological polar surface area (TPSA) is 46.2 Å². The van der Waals surface area contributed by atoms with Crippen LogP contribution >= 0.6 is 0 Å². The second-order valence-electron chi connectivity index (χ2n) is 6.83. The summed E-state index contributed by atoms with van der Waals surface area (Å²) in [6.07, 6.45) is 1.69. The maximum Gasteiger partial charge on any atom is 0.419 e. The molecular formula is C22H27INO2S+. The molecule has 0 amide bonds. The highest BCUT2D eigenvalue weighted by Gasteiger charge is 2.15. The van der Waals surface area contributed by atoms with E-state index in [4.69, 9.17) is 0 Å². The number of nitrogens with one attached hydrogen (secondary N) is 1. The molecule has 1 unspecified atom stereocenters. The van der Waals surface area contributed by atoms with Crippen molar-refractivity contribution in [3.8, 4) is 9.85 Å². The molecule has 2 aromatic rings. The van der Waals surface area contributed by atoms with Gasteiger partial charge in [0, 0.05) is 12.5 Å². The monoisotopic (exact) mass is 496 g/mol. The van der Waals surface area contributed by atoms with Crippen molar-refractivity contribution < 1.29 is 29.6 Å². The smallest absolute Gasteiger partial charge is 0.211 e. The van der Waals surface area contributed by atoms with E-state index in [1.54, 1.807) is 12.1 Å². The SMILES string of the molecule is Cc1ccc(S(=O)(=O)NCCCC(C#C[I+]c2ccccc2)C(C)C)cc1. The number of benzene rings is 2. The maximum atomic E-state index is 12.3. The molecule has 0 spiro atoms. The molecule has 27 heavy (non-hydrogen) atoms. The number of hydrogen-bond donors (Lipinski definition) is 1. The zero-order chi connectivity index (χ0) is 19.7. The van der Waals surface area contributed by atoms with E-state index in [1.165, 1.54) is 3.57 Å². The normalized spacial score (nSPS) is 12.4. The van der Waals surface area contributed by atoms with E-state index in [1.807, 2.05) is 25.1 Å². The van der Waals surface area contributed by atoms with Crippen LogP contribution in [0.5, 0.6) is 0 Å². The Morgan fingerprint density at radius 3 is 2.33 bits per heavy atom. The summed E-state index contributed by atoms with van der Waals surface area (Å²) in [4.78, 5) is 0.320. The van der Waals surface area contributed by atoms with Crippen LogP contribution < -0.4 is 25.9 Å². The molecule has 3 nitrogen and oxygen atoms in total. The van der Waals surface area contributed by atoms with Gasteiger partial charge < -0.3 is 0 Å². The number of hydrogen-bond acceptors (Lipinski definition) is 2. The zero-order valence-electron chi connectivity index (χ0n) is 16.1. The fourth-order valence-corrected chi connectivity index (χ4v) is 5.25. The van der Waals surface area contributed by atoms with E-state index >= 15 is 0 Å². The Hall–Kier alpha value is -1.36. The van der Waals surface area contributed by atoms with Crippen LogP contribution in [0.2, 0.25) is 0 Å². The average molecular weight is 496 g/mol. The van der Waals surface area contributed by atoms with E-state index < -0.39 is 10.0 Å². The summed E-state index contributed by atoms with van der Waals surface area (Å²) in [6.45, 7) is 6.74. The Bertz CT molecular complexity index is 866. The van der Waals surface area contributed by atoms with Crippen molar-refractivity contribution in [3.63, 3.8) is 0 Å². The Balaban J connectivity index is 1.83. The van der Waals surface area contributed by atoms with E-state index in [9.17, 15) is 8.42 Å². The van der Waals surface area contributed by atoms with E-state index in [2.05, 4.69) is 52.7 Å². The molecule has 0 aliphatic rings. The molecule has 1 N–H and O–H groups in total. The lowest BCUT2D eigenvalue weighted by Crippen LogP contribution is -3.59. The molecule has 0 aliphatic carbocycles. The predicted octanol–water partition coefficient (Wildman–Crippen LogP) is 1.25. The molecule has 1 atom stereocenters. The number of rotatable bonds is 8. The van der Waals surface area contributed by atoms with Crippen LogP contribution in [0.25, 0.3) is 0 Å². The summed E-state index contributed by atoms with van der Waals surface area (Å²) >= 11 is -0.277. The van der Waals surface area contributed by atoms with Crippen LogP contribution in [0, 0.1) is 32.2 Å². The van der Waals surface area contributed by atoms with Gasteiger partial charge in [-0.3, -0.25) is 0 Å². The molecule has 0 radical (unpaired) electrons.